The zero-order valence-corrected chi connectivity index (χ0v) is 53.7. The van der Waals surface area contributed by atoms with Gasteiger partial charge in [0.05, 0.1) is 0 Å². The highest BCUT2D eigenvalue weighted by atomic mass is 16.6. The summed E-state index contributed by atoms with van der Waals surface area (Å²) >= 11 is 0. The lowest BCUT2D eigenvalue weighted by atomic mass is 10.0. The molecule has 79 heavy (non-hydrogen) atoms. The van der Waals surface area contributed by atoms with Gasteiger partial charge in [0, 0.05) is 19.3 Å². The molecule has 6 nitrogen and oxygen atoms in total. The number of carbonyl (C=O) groups excluding carboxylic acids is 3. The molecule has 0 aromatic heterocycles. The molecule has 0 fully saturated rings. The number of allylic oxidation sites excluding steroid dienone is 4. The fourth-order valence-electron chi connectivity index (χ4n) is 11.1. The van der Waals surface area contributed by atoms with Gasteiger partial charge in [-0.25, -0.2) is 0 Å². The van der Waals surface area contributed by atoms with E-state index in [2.05, 4.69) is 45.1 Å². The smallest absolute Gasteiger partial charge is 0.306 e. The van der Waals surface area contributed by atoms with E-state index in [9.17, 15) is 14.4 Å². The summed E-state index contributed by atoms with van der Waals surface area (Å²) in [6, 6.07) is 0. The minimum atomic E-state index is -0.774. The minimum Gasteiger partial charge on any atom is -0.462 e. The Morgan fingerprint density at radius 2 is 0.456 bits per heavy atom. The van der Waals surface area contributed by atoms with Crippen LogP contribution < -0.4 is 0 Å². The normalized spacial score (nSPS) is 12.1. The molecule has 0 heterocycles. The van der Waals surface area contributed by atoms with Gasteiger partial charge in [0.2, 0.25) is 0 Å². The minimum absolute atomic E-state index is 0.0691. The van der Waals surface area contributed by atoms with Gasteiger partial charge in [-0.1, -0.05) is 360 Å². The van der Waals surface area contributed by atoms with E-state index in [4.69, 9.17) is 14.2 Å². The molecular formula is C73H138O6. The van der Waals surface area contributed by atoms with E-state index >= 15 is 0 Å². The van der Waals surface area contributed by atoms with E-state index < -0.39 is 6.10 Å². The molecule has 0 saturated heterocycles. The fourth-order valence-corrected chi connectivity index (χ4v) is 11.1. The number of hydrogen-bond donors (Lipinski definition) is 0. The van der Waals surface area contributed by atoms with Gasteiger partial charge in [-0.2, -0.15) is 0 Å². The number of ether oxygens (including phenoxy) is 3. The predicted octanol–water partition coefficient (Wildman–Crippen LogP) is 24.6. The Labute approximate surface area is 493 Å². The summed E-state index contributed by atoms with van der Waals surface area (Å²) in [5.74, 6) is -0.849. The van der Waals surface area contributed by atoms with Crippen LogP contribution in [0.15, 0.2) is 24.3 Å². The summed E-state index contributed by atoms with van der Waals surface area (Å²) in [5.41, 5.74) is 0. The monoisotopic (exact) mass is 1110 g/mol. The molecule has 6 heteroatoms. The zero-order chi connectivity index (χ0) is 57.1. The third-order valence-corrected chi connectivity index (χ3v) is 16.5. The number of hydrogen-bond acceptors (Lipinski definition) is 6. The number of unbranched alkanes of at least 4 members (excludes halogenated alkanes) is 52. The second-order valence-corrected chi connectivity index (χ2v) is 24.5. The highest BCUT2D eigenvalue weighted by Crippen LogP contribution is 2.19. The number of rotatable bonds is 67. The number of esters is 3. The van der Waals surface area contributed by atoms with E-state index in [1.165, 1.54) is 289 Å². The summed E-state index contributed by atoms with van der Waals surface area (Å²) in [6.07, 6.45) is 83.5. The molecule has 0 aliphatic heterocycles. The van der Waals surface area contributed by atoms with Gasteiger partial charge in [0.1, 0.15) is 13.2 Å². The molecule has 0 spiro atoms. The summed E-state index contributed by atoms with van der Waals surface area (Å²) < 4.78 is 17.0. The van der Waals surface area contributed by atoms with Crippen molar-refractivity contribution >= 4 is 17.9 Å². The first-order valence-corrected chi connectivity index (χ1v) is 35.8. The Morgan fingerprint density at radius 3 is 0.709 bits per heavy atom. The second kappa shape index (κ2) is 68.4. The van der Waals surface area contributed by atoms with Gasteiger partial charge in [-0.3, -0.25) is 14.4 Å². The van der Waals surface area contributed by atoms with Gasteiger partial charge < -0.3 is 14.2 Å². The van der Waals surface area contributed by atoms with E-state index in [-0.39, 0.29) is 31.1 Å². The molecule has 0 aliphatic carbocycles. The summed E-state index contributed by atoms with van der Waals surface area (Å²) in [7, 11) is 0. The Hall–Kier alpha value is -2.11. The van der Waals surface area contributed by atoms with Crippen LogP contribution in [-0.2, 0) is 28.6 Å². The van der Waals surface area contributed by atoms with Gasteiger partial charge in [-0.05, 0) is 51.4 Å². The summed E-state index contributed by atoms with van der Waals surface area (Å²) in [5, 5.41) is 0. The Morgan fingerprint density at radius 1 is 0.253 bits per heavy atom. The molecule has 1 unspecified atom stereocenters. The maximum Gasteiger partial charge on any atom is 0.306 e. The maximum absolute atomic E-state index is 13.0. The molecule has 0 N–H and O–H groups in total. The largest absolute Gasteiger partial charge is 0.462 e. The third kappa shape index (κ3) is 66.6. The van der Waals surface area contributed by atoms with Crippen molar-refractivity contribution in [2.45, 2.75) is 412 Å². The number of carbonyl (C=O) groups is 3. The van der Waals surface area contributed by atoms with Crippen LogP contribution in [0.25, 0.3) is 0 Å². The van der Waals surface area contributed by atoms with Gasteiger partial charge in [0.15, 0.2) is 6.10 Å². The lowest BCUT2D eigenvalue weighted by molar-refractivity contribution is -0.167. The van der Waals surface area contributed by atoms with Crippen molar-refractivity contribution in [3.05, 3.63) is 24.3 Å². The summed E-state index contributed by atoms with van der Waals surface area (Å²) in [4.78, 5) is 38.5. The van der Waals surface area contributed by atoms with Crippen LogP contribution in [0.2, 0.25) is 0 Å². The quantitative estimate of drug-likeness (QED) is 0.0261. The van der Waals surface area contributed by atoms with Crippen molar-refractivity contribution < 1.29 is 28.6 Å². The molecule has 0 aliphatic rings. The van der Waals surface area contributed by atoms with Crippen LogP contribution in [-0.4, -0.2) is 37.2 Å². The summed E-state index contributed by atoms with van der Waals surface area (Å²) in [6.45, 7) is 6.70. The van der Waals surface area contributed by atoms with Crippen molar-refractivity contribution in [2.24, 2.45) is 0 Å². The molecule has 0 saturated carbocycles. The zero-order valence-electron chi connectivity index (χ0n) is 53.7. The van der Waals surface area contributed by atoms with Crippen molar-refractivity contribution in [3.8, 4) is 0 Å². The van der Waals surface area contributed by atoms with E-state index in [0.717, 1.165) is 77.0 Å². The highest BCUT2D eigenvalue weighted by molar-refractivity contribution is 5.71. The Bertz CT molecular complexity index is 1270. The predicted molar refractivity (Wildman–Crippen MR) is 344 cm³/mol. The van der Waals surface area contributed by atoms with Gasteiger partial charge in [0.25, 0.3) is 0 Å². The first-order chi connectivity index (χ1) is 39.0. The molecule has 0 aromatic carbocycles. The van der Waals surface area contributed by atoms with E-state index in [0.29, 0.717) is 19.3 Å². The molecule has 1 atom stereocenters. The third-order valence-electron chi connectivity index (χ3n) is 16.5. The van der Waals surface area contributed by atoms with Crippen LogP contribution in [0, 0.1) is 0 Å². The van der Waals surface area contributed by atoms with Crippen molar-refractivity contribution in [1.82, 2.24) is 0 Å². The van der Waals surface area contributed by atoms with Crippen molar-refractivity contribution in [2.75, 3.05) is 13.2 Å². The van der Waals surface area contributed by atoms with Gasteiger partial charge >= 0.3 is 17.9 Å². The van der Waals surface area contributed by atoms with Gasteiger partial charge in [-0.15, -0.1) is 0 Å². The van der Waals surface area contributed by atoms with Crippen LogP contribution in [0.4, 0.5) is 0 Å². The van der Waals surface area contributed by atoms with Crippen molar-refractivity contribution in [1.29, 1.82) is 0 Å². The first kappa shape index (κ1) is 76.9. The SMILES string of the molecule is CCCCCC/C=C\C/C=C\CCCCCCCC(=O)OCC(COC(=O)CCCCCCCCCCCCCCCCCCCCCCCCCC)OC(=O)CCCCCCCCCCCCCCCCCCCCCCC. The topological polar surface area (TPSA) is 78.9 Å². The van der Waals surface area contributed by atoms with Crippen LogP contribution in [0.3, 0.4) is 0 Å². The molecular weight excluding hydrogens is 973 g/mol. The first-order valence-electron chi connectivity index (χ1n) is 35.8. The fraction of sp³-hybridized carbons (Fsp3) is 0.904. The Kier molecular flexibility index (Phi) is 66.6. The van der Waals surface area contributed by atoms with Crippen molar-refractivity contribution in [3.63, 3.8) is 0 Å². The van der Waals surface area contributed by atoms with Crippen LogP contribution in [0.1, 0.15) is 406 Å². The average Bonchev–Trinajstić information content (AvgIpc) is 3.45. The highest BCUT2D eigenvalue weighted by Gasteiger charge is 2.19. The second-order valence-electron chi connectivity index (χ2n) is 24.5. The average molecular weight is 1110 g/mol. The van der Waals surface area contributed by atoms with E-state index in [1.54, 1.807) is 0 Å². The lowest BCUT2D eigenvalue weighted by Crippen LogP contribution is -2.30. The van der Waals surface area contributed by atoms with E-state index in [1.807, 2.05) is 0 Å². The van der Waals surface area contributed by atoms with Crippen LogP contribution in [0.5, 0.6) is 0 Å². The van der Waals surface area contributed by atoms with Crippen LogP contribution >= 0.6 is 0 Å². The maximum atomic E-state index is 13.0. The molecule has 0 bridgehead atoms. The standard InChI is InChI=1S/C73H138O6/c1-4-7-10-13-16-19-22-25-28-31-33-35-36-37-39-40-42-45-48-51-54-57-60-63-66-72(75)78-69-70(68-77-71(74)65-62-59-56-53-50-47-44-30-27-24-21-18-15-12-9-6-3)79-73(76)67-64-61-58-55-52-49-46-43-41-38-34-32-29-26-23-20-17-14-11-8-5-2/h21,24,30,44,70H,4-20,22-23,25-29,31-43,45-69H2,1-3H3/b24-21-,44-30-. The molecule has 0 aromatic rings. The molecule has 0 radical (unpaired) electrons. The molecule has 0 rings (SSSR count). The molecule has 0 amide bonds. The lowest BCUT2D eigenvalue weighted by Gasteiger charge is -2.18. The Balaban J connectivity index is 4.27. The molecule has 466 valence electrons.